The van der Waals surface area contributed by atoms with E-state index in [1.54, 1.807) is 12.3 Å². The molecular weight excluding hydrogens is 548 g/mol. The lowest BCUT2D eigenvalue weighted by Crippen LogP contribution is -2.44. The van der Waals surface area contributed by atoms with Crippen molar-refractivity contribution < 1.29 is 19.1 Å². The van der Waals surface area contributed by atoms with Gasteiger partial charge in [0.2, 0.25) is 11.8 Å². The number of rotatable bonds is 13. The van der Waals surface area contributed by atoms with Gasteiger partial charge in [0.25, 0.3) is 5.56 Å². The molecule has 0 bridgehead atoms. The molecular formula is C32H36N6O5. The highest BCUT2D eigenvalue weighted by molar-refractivity contribution is 5.96. The zero-order valence-electron chi connectivity index (χ0n) is 24.2. The standard InChI is InChI=1S/C32H36N6O5/c1-21(2)18-23-12-8-14-24-29(23)37-28(34-24)19-38-17-9-15-26(31(38)41)35-30(40)25(13-6-7-16-27(33)39)36-32(42)43-20-22-10-4-3-5-11-22/h3-5,7-12,14-17,21,25H,6,13,18-20H2,1-2H3,(H2,33,39)(H,34,37)(H,35,40)(H,36,42). The SMILES string of the molecule is CC(C)Cc1cccc2[nH]c(Cn3cccc(NC(=O)C(CCC=CC(N)=O)NC(=O)OCc4ccccc4)c3=O)nc12. The van der Waals surface area contributed by atoms with Gasteiger partial charge in [0.05, 0.1) is 17.6 Å². The number of hydrogen-bond donors (Lipinski definition) is 4. The van der Waals surface area contributed by atoms with Gasteiger partial charge in [0.1, 0.15) is 24.2 Å². The number of nitrogens with two attached hydrogens (primary N) is 1. The number of primary amides is 1. The number of hydrogen-bond acceptors (Lipinski definition) is 6. The van der Waals surface area contributed by atoms with Crippen LogP contribution in [-0.2, 0) is 33.9 Å². The summed E-state index contributed by atoms with van der Waals surface area (Å²) in [5.41, 5.74) is 8.44. The molecule has 5 N–H and O–H groups in total. The molecule has 1 unspecified atom stereocenters. The Hall–Kier alpha value is -5.19. The molecule has 0 aliphatic rings. The van der Waals surface area contributed by atoms with Crippen LogP contribution in [0.25, 0.3) is 11.0 Å². The lowest BCUT2D eigenvalue weighted by atomic mass is 10.0. The molecule has 0 aliphatic carbocycles. The Bertz CT molecular complexity index is 1660. The number of aromatic nitrogens is 3. The average Bonchev–Trinajstić information content (AvgIpc) is 3.39. The molecule has 11 nitrogen and oxygen atoms in total. The summed E-state index contributed by atoms with van der Waals surface area (Å²) in [6.07, 6.45) is 4.80. The van der Waals surface area contributed by atoms with Gasteiger partial charge >= 0.3 is 6.09 Å². The zero-order chi connectivity index (χ0) is 30.8. The van der Waals surface area contributed by atoms with Crippen LogP contribution in [0.4, 0.5) is 10.5 Å². The van der Waals surface area contributed by atoms with E-state index in [2.05, 4.69) is 35.5 Å². The number of anilines is 1. The van der Waals surface area contributed by atoms with E-state index in [-0.39, 0.29) is 31.7 Å². The van der Waals surface area contributed by atoms with Crippen molar-refractivity contribution >= 4 is 34.6 Å². The number of imidazole rings is 1. The molecule has 4 aromatic rings. The second-order valence-corrected chi connectivity index (χ2v) is 10.6. The molecule has 0 aliphatic heterocycles. The maximum absolute atomic E-state index is 13.3. The topological polar surface area (TPSA) is 161 Å². The second kappa shape index (κ2) is 14.6. The Kier molecular flexibility index (Phi) is 10.5. The van der Waals surface area contributed by atoms with Crippen LogP contribution in [0, 0.1) is 5.92 Å². The highest BCUT2D eigenvalue weighted by atomic mass is 16.5. The number of pyridine rings is 1. The maximum Gasteiger partial charge on any atom is 0.408 e. The van der Waals surface area contributed by atoms with Crippen LogP contribution in [0.5, 0.6) is 0 Å². The molecule has 11 heteroatoms. The highest BCUT2D eigenvalue weighted by Gasteiger charge is 2.22. The molecule has 2 aromatic carbocycles. The molecule has 2 aromatic heterocycles. The first kappa shape index (κ1) is 30.8. The monoisotopic (exact) mass is 584 g/mol. The van der Waals surface area contributed by atoms with Crippen LogP contribution in [0.15, 0.2) is 83.8 Å². The molecule has 0 fully saturated rings. The maximum atomic E-state index is 13.3. The van der Waals surface area contributed by atoms with Crippen LogP contribution in [-0.4, -0.2) is 38.5 Å². The molecule has 224 valence electrons. The smallest absolute Gasteiger partial charge is 0.408 e. The summed E-state index contributed by atoms with van der Waals surface area (Å²) in [5.74, 6) is -0.154. The van der Waals surface area contributed by atoms with E-state index in [4.69, 9.17) is 15.5 Å². The minimum absolute atomic E-state index is 0.0206. The molecule has 1 atom stereocenters. The van der Waals surface area contributed by atoms with Crippen LogP contribution < -0.4 is 21.9 Å². The van der Waals surface area contributed by atoms with Crippen molar-refractivity contribution in [3.05, 3.63) is 106 Å². The minimum atomic E-state index is -1.05. The number of amides is 3. The van der Waals surface area contributed by atoms with Crippen molar-refractivity contribution in [2.75, 3.05) is 5.32 Å². The Morgan fingerprint density at radius 2 is 1.86 bits per heavy atom. The van der Waals surface area contributed by atoms with Gasteiger partial charge in [-0.3, -0.25) is 14.4 Å². The van der Waals surface area contributed by atoms with Crippen LogP contribution >= 0.6 is 0 Å². The number of benzene rings is 2. The molecule has 0 radical (unpaired) electrons. The summed E-state index contributed by atoms with van der Waals surface area (Å²) >= 11 is 0. The summed E-state index contributed by atoms with van der Waals surface area (Å²) in [5, 5.41) is 5.19. The van der Waals surface area contributed by atoms with Crippen molar-refractivity contribution in [2.45, 2.75) is 52.3 Å². The summed E-state index contributed by atoms with van der Waals surface area (Å²) in [4.78, 5) is 58.2. The largest absolute Gasteiger partial charge is 0.445 e. The van der Waals surface area contributed by atoms with Gasteiger partial charge in [0.15, 0.2) is 0 Å². The molecule has 4 rings (SSSR count). The number of alkyl carbamates (subject to hydrolysis) is 1. The lowest BCUT2D eigenvalue weighted by Gasteiger charge is -2.18. The van der Waals surface area contributed by atoms with Crippen LogP contribution in [0.2, 0.25) is 0 Å². The van der Waals surface area contributed by atoms with Crippen molar-refractivity contribution in [2.24, 2.45) is 11.7 Å². The predicted octanol–water partition coefficient (Wildman–Crippen LogP) is 4.03. The molecule has 3 amide bonds. The highest BCUT2D eigenvalue weighted by Crippen LogP contribution is 2.20. The van der Waals surface area contributed by atoms with Gasteiger partial charge < -0.3 is 30.7 Å². The van der Waals surface area contributed by atoms with Gasteiger partial charge in [-0.2, -0.15) is 0 Å². The second-order valence-electron chi connectivity index (χ2n) is 10.6. The summed E-state index contributed by atoms with van der Waals surface area (Å²) < 4.78 is 6.71. The van der Waals surface area contributed by atoms with E-state index in [1.807, 2.05) is 42.5 Å². The fraction of sp³-hybridized carbons (Fsp3) is 0.281. The molecule has 0 saturated heterocycles. The van der Waals surface area contributed by atoms with E-state index in [0.717, 1.165) is 28.6 Å². The number of carbonyl (C=O) groups is 3. The number of nitrogens with one attached hydrogen (secondary N) is 3. The lowest BCUT2D eigenvalue weighted by molar-refractivity contribution is -0.118. The number of H-pyrrole nitrogens is 1. The van der Waals surface area contributed by atoms with E-state index in [0.29, 0.717) is 11.7 Å². The van der Waals surface area contributed by atoms with Crippen LogP contribution in [0.3, 0.4) is 0 Å². The first-order chi connectivity index (χ1) is 20.7. The molecule has 0 saturated carbocycles. The third-order valence-electron chi connectivity index (χ3n) is 6.60. The Labute approximate surface area is 249 Å². The fourth-order valence-electron chi connectivity index (χ4n) is 4.60. The van der Waals surface area contributed by atoms with Crippen molar-refractivity contribution in [1.29, 1.82) is 0 Å². The van der Waals surface area contributed by atoms with Crippen LogP contribution in [0.1, 0.15) is 43.6 Å². The Morgan fingerprint density at radius 1 is 1.07 bits per heavy atom. The fourth-order valence-corrected chi connectivity index (χ4v) is 4.60. The number of fused-ring (bicyclic) bond motifs is 1. The number of para-hydroxylation sites is 1. The van der Waals surface area contributed by atoms with Gasteiger partial charge in [-0.05, 0) is 60.6 Å². The van der Waals surface area contributed by atoms with Crippen molar-refractivity contribution in [1.82, 2.24) is 19.9 Å². The van der Waals surface area contributed by atoms with E-state index >= 15 is 0 Å². The molecule has 2 heterocycles. The Balaban J connectivity index is 1.47. The van der Waals surface area contributed by atoms with Crippen molar-refractivity contribution in [3.63, 3.8) is 0 Å². The van der Waals surface area contributed by atoms with Gasteiger partial charge in [-0.15, -0.1) is 0 Å². The summed E-state index contributed by atoms with van der Waals surface area (Å²) in [6, 6.07) is 17.2. The summed E-state index contributed by atoms with van der Waals surface area (Å²) in [6.45, 7) is 4.49. The number of ether oxygens (including phenoxy) is 1. The number of allylic oxidation sites excluding steroid dienone is 1. The first-order valence-electron chi connectivity index (χ1n) is 14.1. The van der Waals surface area contributed by atoms with Gasteiger partial charge in [0, 0.05) is 6.20 Å². The quantitative estimate of drug-likeness (QED) is 0.174. The molecule has 43 heavy (non-hydrogen) atoms. The predicted molar refractivity (Wildman–Crippen MR) is 164 cm³/mol. The van der Waals surface area contributed by atoms with Gasteiger partial charge in [-0.1, -0.05) is 62.4 Å². The van der Waals surface area contributed by atoms with E-state index in [9.17, 15) is 19.2 Å². The number of nitrogens with zero attached hydrogens (tertiary/aromatic N) is 2. The van der Waals surface area contributed by atoms with Gasteiger partial charge in [-0.25, -0.2) is 9.78 Å². The normalized spacial score (nSPS) is 12.0. The third-order valence-corrected chi connectivity index (χ3v) is 6.60. The number of aromatic amines is 1. The summed E-state index contributed by atoms with van der Waals surface area (Å²) in [7, 11) is 0. The third kappa shape index (κ3) is 8.90. The Morgan fingerprint density at radius 3 is 2.60 bits per heavy atom. The zero-order valence-corrected chi connectivity index (χ0v) is 24.2. The van der Waals surface area contributed by atoms with Crippen molar-refractivity contribution in [3.8, 4) is 0 Å². The van der Waals surface area contributed by atoms with E-state index in [1.165, 1.54) is 22.8 Å². The first-order valence-corrected chi connectivity index (χ1v) is 14.1. The van der Waals surface area contributed by atoms with E-state index < -0.39 is 29.5 Å². The minimum Gasteiger partial charge on any atom is -0.445 e. The number of carbonyl (C=O) groups excluding carboxylic acids is 3. The average molecular weight is 585 g/mol. The molecule has 0 spiro atoms.